The summed E-state index contributed by atoms with van der Waals surface area (Å²) in [7, 11) is 0. The molecule has 28 heavy (non-hydrogen) atoms. The van der Waals surface area contributed by atoms with Crippen molar-refractivity contribution in [2.45, 2.75) is 24.6 Å². The second-order valence-electron chi connectivity index (χ2n) is 5.36. The van der Waals surface area contributed by atoms with Gasteiger partial charge in [-0.15, -0.1) is 0 Å². The molecule has 0 unspecified atom stereocenters. The quantitative estimate of drug-likeness (QED) is 0.571. The Morgan fingerprint density at radius 1 is 1.04 bits per heavy atom. The average molecular weight is 473 g/mol. The zero-order valence-electron chi connectivity index (χ0n) is 13.1. The van der Waals surface area contributed by atoms with Gasteiger partial charge >= 0.3 is 23.9 Å². The van der Waals surface area contributed by atoms with Gasteiger partial charge in [0.25, 0.3) is 0 Å². The highest BCUT2D eigenvalue weighted by atomic mass is 35.5. The van der Waals surface area contributed by atoms with Crippen molar-refractivity contribution in [3.8, 4) is 0 Å². The van der Waals surface area contributed by atoms with E-state index in [2.05, 4.69) is 5.10 Å². The van der Waals surface area contributed by atoms with Crippen molar-refractivity contribution in [2.24, 2.45) is 0 Å². The van der Waals surface area contributed by atoms with Crippen LogP contribution in [-0.2, 0) is 11.3 Å². The fourth-order valence-electron chi connectivity index (χ4n) is 1.89. The summed E-state index contributed by atoms with van der Waals surface area (Å²) in [4.78, 5) is 11.4. The molecule has 0 spiro atoms. The number of anilines is 1. The highest BCUT2D eigenvalue weighted by molar-refractivity contribution is 6.35. The number of aromatic nitrogens is 2. The van der Waals surface area contributed by atoms with E-state index in [9.17, 15) is 35.5 Å². The lowest BCUT2D eigenvalue weighted by atomic mass is 10.1. The Hall–Kier alpha value is -1.72. The van der Waals surface area contributed by atoms with Gasteiger partial charge in [0.15, 0.2) is 5.82 Å². The number of halogens is 10. The topological polar surface area (TPSA) is 46.9 Å². The number of hydrogen-bond acceptors (Lipinski definition) is 2. The van der Waals surface area contributed by atoms with Gasteiger partial charge in [0.2, 0.25) is 0 Å². The zero-order chi connectivity index (χ0) is 21.5. The first-order valence-corrected chi connectivity index (χ1v) is 8.11. The summed E-state index contributed by atoms with van der Waals surface area (Å²) in [6, 6.07) is 4.37. The first-order chi connectivity index (χ1) is 12.7. The van der Waals surface area contributed by atoms with E-state index in [1.165, 1.54) is 23.5 Å². The Balaban J connectivity index is 2.22. The van der Waals surface area contributed by atoms with Crippen molar-refractivity contribution in [1.29, 1.82) is 0 Å². The Kier molecular flexibility index (Phi) is 6.13. The SMILES string of the molecule is O=C(Nc1nn(Cc2ccc(Cl)cc2Cl)cc1Cl)C(F)(F)C(F)(F)C(F)(F)F. The van der Waals surface area contributed by atoms with Gasteiger partial charge in [-0.2, -0.15) is 35.8 Å². The lowest BCUT2D eigenvalue weighted by molar-refractivity contribution is -0.343. The van der Waals surface area contributed by atoms with Gasteiger partial charge in [-0.1, -0.05) is 40.9 Å². The van der Waals surface area contributed by atoms with Crippen LogP contribution in [0, 0.1) is 0 Å². The standard InChI is InChI=1S/C14H7Cl3F7N3O/c15-7-2-1-6(8(16)3-7)4-27-5-9(17)10(26-27)25-11(28)12(18,19)13(20,21)14(22,23)24/h1-3,5H,4H2,(H,25,26,28). The summed E-state index contributed by atoms with van der Waals surface area (Å²) >= 11 is 17.3. The Bertz CT molecular complexity index is 899. The van der Waals surface area contributed by atoms with Gasteiger partial charge in [-0.3, -0.25) is 9.48 Å². The van der Waals surface area contributed by atoms with Crippen LogP contribution in [0.15, 0.2) is 24.4 Å². The molecule has 0 atom stereocenters. The molecule has 1 aromatic carbocycles. The Labute approximate surface area is 167 Å². The molecule has 0 radical (unpaired) electrons. The van der Waals surface area contributed by atoms with Crippen molar-refractivity contribution in [3.63, 3.8) is 0 Å². The maximum atomic E-state index is 13.4. The van der Waals surface area contributed by atoms with Gasteiger partial charge in [0, 0.05) is 16.2 Å². The summed E-state index contributed by atoms with van der Waals surface area (Å²) < 4.78 is 90.0. The summed E-state index contributed by atoms with van der Waals surface area (Å²) in [5.74, 6) is -16.5. The number of hydrogen-bond donors (Lipinski definition) is 1. The van der Waals surface area contributed by atoms with Crippen molar-refractivity contribution < 1.29 is 35.5 Å². The van der Waals surface area contributed by atoms with E-state index in [0.29, 0.717) is 10.6 Å². The second-order valence-corrected chi connectivity index (χ2v) is 6.61. The van der Waals surface area contributed by atoms with Crippen LogP contribution in [0.2, 0.25) is 15.1 Å². The Morgan fingerprint density at radius 3 is 2.18 bits per heavy atom. The fourth-order valence-corrected chi connectivity index (χ4v) is 2.56. The van der Waals surface area contributed by atoms with E-state index in [1.54, 1.807) is 0 Å². The molecule has 1 aromatic heterocycles. The summed E-state index contributed by atoms with van der Waals surface area (Å²) in [5, 5.41) is 4.79. The van der Waals surface area contributed by atoms with E-state index in [1.807, 2.05) is 0 Å². The molecular formula is C14H7Cl3F7N3O. The highest BCUT2D eigenvalue weighted by Gasteiger charge is 2.76. The first kappa shape index (κ1) is 22.6. The smallest absolute Gasteiger partial charge is 0.302 e. The predicted octanol–water partition coefficient (Wildman–Crippen LogP) is 5.66. The van der Waals surface area contributed by atoms with Crippen LogP contribution in [0.1, 0.15) is 5.56 Å². The molecule has 0 aliphatic carbocycles. The molecule has 14 heteroatoms. The van der Waals surface area contributed by atoms with Crippen LogP contribution < -0.4 is 5.32 Å². The third kappa shape index (κ3) is 4.31. The van der Waals surface area contributed by atoms with Gasteiger partial charge in [0.05, 0.1) is 6.54 Å². The molecule has 154 valence electrons. The number of carbonyl (C=O) groups is 1. The highest BCUT2D eigenvalue weighted by Crippen LogP contribution is 2.47. The van der Waals surface area contributed by atoms with Gasteiger partial charge in [0.1, 0.15) is 5.02 Å². The fraction of sp³-hybridized carbons (Fsp3) is 0.286. The average Bonchev–Trinajstić information content (AvgIpc) is 2.88. The molecule has 1 N–H and O–H groups in total. The van der Waals surface area contributed by atoms with Crippen LogP contribution in [0.4, 0.5) is 36.6 Å². The van der Waals surface area contributed by atoms with Crippen molar-refractivity contribution in [2.75, 3.05) is 5.32 Å². The van der Waals surface area contributed by atoms with Crippen LogP contribution in [-0.4, -0.2) is 33.7 Å². The molecule has 0 aliphatic rings. The molecule has 4 nitrogen and oxygen atoms in total. The van der Waals surface area contributed by atoms with Gasteiger partial charge < -0.3 is 5.32 Å². The molecule has 0 saturated carbocycles. The van der Waals surface area contributed by atoms with Crippen LogP contribution in [0.25, 0.3) is 0 Å². The summed E-state index contributed by atoms with van der Waals surface area (Å²) in [5.41, 5.74) is 0.442. The van der Waals surface area contributed by atoms with Crippen LogP contribution in [0.5, 0.6) is 0 Å². The van der Waals surface area contributed by atoms with Gasteiger partial charge in [-0.05, 0) is 17.7 Å². The third-order valence-corrected chi connectivity index (χ3v) is 4.20. The maximum Gasteiger partial charge on any atom is 0.460 e. The minimum atomic E-state index is -6.65. The summed E-state index contributed by atoms with van der Waals surface area (Å²) in [6.07, 6.45) is -5.63. The van der Waals surface area contributed by atoms with E-state index < -0.39 is 34.8 Å². The second kappa shape index (κ2) is 7.60. The molecule has 1 heterocycles. The van der Waals surface area contributed by atoms with Crippen molar-refractivity contribution in [1.82, 2.24) is 9.78 Å². The van der Waals surface area contributed by atoms with E-state index in [0.717, 1.165) is 10.9 Å². The maximum absolute atomic E-state index is 13.4. The minimum Gasteiger partial charge on any atom is -0.302 e. The number of amides is 1. The minimum absolute atomic E-state index is 0.0965. The molecule has 0 aliphatic heterocycles. The number of nitrogens with zero attached hydrogens (tertiary/aromatic N) is 2. The van der Waals surface area contributed by atoms with Gasteiger partial charge in [-0.25, -0.2) is 0 Å². The Morgan fingerprint density at radius 2 is 1.64 bits per heavy atom. The van der Waals surface area contributed by atoms with E-state index >= 15 is 0 Å². The lowest BCUT2D eigenvalue weighted by Gasteiger charge is -2.26. The molecule has 1 amide bonds. The molecule has 0 fully saturated rings. The first-order valence-electron chi connectivity index (χ1n) is 6.97. The van der Waals surface area contributed by atoms with Crippen molar-refractivity contribution in [3.05, 3.63) is 45.0 Å². The monoisotopic (exact) mass is 471 g/mol. The zero-order valence-corrected chi connectivity index (χ0v) is 15.4. The van der Waals surface area contributed by atoms with E-state index in [-0.39, 0.29) is 11.6 Å². The predicted molar refractivity (Wildman–Crippen MR) is 87.4 cm³/mol. The third-order valence-electron chi connectivity index (χ3n) is 3.33. The molecular weight excluding hydrogens is 466 g/mol. The summed E-state index contributed by atoms with van der Waals surface area (Å²) in [6.45, 7) is -0.0965. The largest absolute Gasteiger partial charge is 0.460 e. The van der Waals surface area contributed by atoms with E-state index in [4.69, 9.17) is 34.8 Å². The molecule has 0 bridgehead atoms. The number of nitrogens with one attached hydrogen (secondary N) is 1. The van der Waals surface area contributed by atoms with Crippen LogP contribution >= 0.6 is 34.8 Å². The van der Waals surface area contributed by atoms with Crippen molar-refractivity contribution >= 4 is 46.5 Å². The molecule has 2 aromatic rings. The normalized spacial score (nSPS) is 12.9. The van der Waals surface area contributed by atoms with Crippen LogP contribution in [0.3, 0.4) is 0 Å². The number of alkyl halides is 7. The number of benzene rings is 1. The lowest BCUT2D eigenvalue weighted by Crippen LogP contribution is -2.57. The number of rotatable bonds is 5. The molecule has 2 rings (SSSR count). The number of carbonyl (C=O) groups excluding carboxylic acids is 1. The molecule has 0 saturated heterocycles.